The van der Waals surface area contributed by atoms with Gasteiger partial charge >= 0.3 is 0 Å². The molecular formula is C22H24ClFN6O2. The van der Waals surface area contributed by atoms with E-state index in [0.29, 0.717) is 22.9 Å². The Balaban J connectivity index is 1.55. The molecule has 3 fully saturated rings. The Kier molecular flexibility index (Phi) is 5.69. The molecule has 32 heavy (non-hydrogen) atoms. The van der Waals surface area contributed by atoms with Gasteiger partial charge in [0, 0.05) is 24.0 Å². The van der Waals surface area contributed by atoms with Gasteiger partial charge in [0.15, 0.2) is 0 Å². The molecule has 3 saturated carbocycles. The minimum atomic E-state index is -1.61. The maximum absolute atomic E-state index is 14.1. The monoisotopic (exact) mass is 458 g/mol. The lowest BCUT2D eigenvalue weighted by molar-refractivity contribution is -0.00179. The van der Waals surface area contributed by atoms with Crippen LogP contribution in [0.15, 0.2) is 24.5 Å². The Morgan fingerprint density at radius 2 is 2.09 bits per heavy atom. The van der Waals surface area contributed by atoms with Crippen LogP contribution in [-0.2, 0) is 0 Å². The molecule has 1 atom stereocenters. The highest BCUT2D eigenvalue weighted by Gasteiger charge is 2.56. The summed E-state index contributed by atoms with van der Waals surface area (Å²) in [5.41, 5.74) is -0.384. The van der Waals surface area contributed by atoms with Gasteiger partial charge in [-0.3, -0.25) is 4.79 Å². The largest absolute Gasteiger partial charge is 0.387 e. The molecular weight excluding hydrogens is 435 g/mol. The van der Waals surface area contributed by atoms with E-state index in [0.717, 1.165) is 25.2 Å². The third-order valence-electron chi connectivity index (χ3n) is 6.01. The number of hydrogen-bond acceptors (Lipinski definition) is 7. The molecule has 0 spiro atoms. The summed E-state index contributed by atoms with van der Waals surface area (Å²) >= 11 is 6.19. The molecule has 3 aliphatic rings. The number of amides is 1. The maximum Gasteiger partial charge on any atom is 0.255 e. The Hall–Kier alpha value is -2.96. The predicted octanol–water partition coefficient (Wildman–Crippen LogP) is 3.55. The zero-order valence-electron chi connectivity index (χ0n) is 17.7. The highest BCUT2D eigenvalue weighted by atomic mass is 35.5. The first kappa shape index (κ1) is 22.2. The van der Waals surface area contributed by atoms with E-state index in [-0.39, 0.29) is 22.7 Å². The number of halogens is 2. The fourth-order valence-corrected chi connectivity index (χ4v) is 4.18. The van der Waals surface area contributed by atoms with Crippen molar-refractivity contribution in [1.29, 1.82) is 5.26 Å². The number of rotatable bonds is 8. The first-order valence-corrected chi connectivity index (χ1v) is 10.7. The number of aliphatic hydroxyl groups is 1. The third-order valence-corrected chi connectivity index (χ3v) is 6.30. The topological polar surface area (TPSA) is 123 Å². The van der Waals surface area contributed by atoms with Crippen molar-refractivity contribution in [2.24, 2.45) is 5.92 Å². The van der Waals surface area contributed by atoms with Gasteiger partial charge in [-0.25, -0.2) is 14.4 Å². The van der Waals surface area contributed by atoms with Crippen molar-refractivity contribution in [3.63, 3.8) is 0 Å². The number of anilines is 3. The van der Waals surface area contributed by atoms with E-state index < -0.39 is 17.7 Å². The maximum atomic E-state index is 14.1. The average Bonchev–Trinajstić information content (AvgIpc) is 2.68. The lowest BCUT2D eigenvalue weighted by Crippen LogP contribution is -2.63. The van der Waals surface area contributed by atoms with Crippen LogP contribution in [0.2, 0.25) is 5.02 Å². The molecule has 4 N–H and O–H groups in total. The van der Waals surface area contributed by atoms with Crippen molar-refractivity contribution in [2.75, 3.05) is 17.2 Å². The summed E-state index contributed by atoms with van der Waals surface area (Å²) in [6, 6.07) is 5.16. The number of aromatic nitrogens is 2. The molecule has 1 amide bonds. The van der Waals surface area contributed by atoms with Gasteiger partial charge in [-0.05, 0) is 45.1 Å². The zero-order valence-corrected chi connectivity index (χ0v) is 18.5. The van der Waals surface area contributed by atoms with Crippen molar-refractivity contribution in [3.05, 3.63) is 40.7 Å². The van der Waals surface area contributed by atoms with E-state index in [2.05, 4.69) is 25.9 Å². The zero-order chi connectivity index (χ0) is 23.1. The molecule has 0 aromatic carbocycles. The molecule has 2 bridgehead atoms. The fourth-order valence-electron chi connectivity index (χ4n) is 3.96. The summed E-state index contributed by atoms with van der Waals surface area (Å²) in [6.07, 6.45) is 4.33. The Morgan fingerprint density at radius 1 is 1.38 bits per heavy atom. The molecule has 3 aliphatic carbocycles. The number of nitrogens with zero attached hydrogens (tertiary/aromatic N) is 3. The van der Waals surface area contributed by atoms with Gasteiger partial charge in [-0.2, -0.15) is 5.26 Å². The highest BCUT2D eigenvalue weighted by molar-refractivity contribution is 6.33. The highest BCUT2D eigenvalue weighted by Crippen LogP contribution is 2.58. The molecule has 10 heteroatoms. The molecule has 0 radical (unpaired) electrons. The minimum Gasteiger partial charge on any atom is -0.387 e. The molecule has 1 unspecified atom stereocenters. The van der Waals surface area contributed by atoms with Crippen molar-refractivity contribution in [2.45, 2.75) is 50.4 Å². The smallest absolute Gasteiger partial charge is 0.255 e. The van der Waals surface area contributed by atoms with Crippen LogP contribution in [-0.4, -0.2) is 44.8 Å². The lowest BCUT2D eigenvalue weighted by Gasteiger charge is -2.62. The van der Waals surface area contributed by atoms with E-state index in [4.69, 9.17) is 16.9 Å². The van der Waals surface area contributed by atoms with Gasteiger partial charge in [0.25, 0.3) is 5.91 Å². The van der Waals surface area contributed by atoms with Crippen LogP contribution < -0.4 is 16.0 Å². The molecule has 8 nitrogen and oxygen atoms in total. The van der Waals surface area contributed by atoms with Gasteiger partial charge in [0.05, 0.1) is 34.0 Å². The van der Waals surface area contributed by atoms with Crippen molar-refractivity contribution in [3.8, 4) is 6.07 Å². The Bertz CT molecular complexity index is 1080. The van der Waals surface area contributed by atoms with Crippen LogP contribution in [0, 0.1) is 17.2 Å². The van der Waals surface area contributed by atoms with Gasteiger partial charge < -0.3 is 21.1 Å². The van der Waals surface area contributed by atoms with Crippen molar-refractivity contribution in [1.82, 2.24) is 15.3 Å². The van der Waals surface area contributed by atoms with Crippen LogP contribution >= 0.6 is 11.6 Å². The van der Waals surface area contributed by atoms with Gasteiger partial charge in [0.2, 0.25) is 0 Å². The second-order valence-corrected chi connectivity index (χ2v) is 9.53. The number of carbonyl (C=O) groups excluding carboxylic acids is 1. The number of nitrogens with one attached hydrogen (secondary N) is 3. The normalized spacial score (nSPS) is 22.1. The molecule has 5 rings (SSSR count). The number of pyridine rings is 2. The second-order valence-electron chi connectivity index (χ2n) is 9.12. The van der Waals surface area contributed by atoms with E-state index >= 15 is 0 Å². The summed E-state index contributed by atoms with van der Waals surface area (Å²) in [5.74, 6) is 0.992. The molecule has 0 aliphatic heterocycles. The number of hydrogen-bond donors (Lipinski definition) is 4. The van der Waals surface area contributed by atoms with Gasteiger partial charge in [-0.1, -0.05) is 11.6 Å². The summed E-state index contributed by atoms with van der Waals surface area (Å²) < 4.78 is 14.1. The lowest BCUT2D eigenvalue weighted by atomic mass is 9.50. The van der Waals surface area contributed by atoms with Gasteiger partial charge in [0.1, 0.15) is 23.9 Å². The van der Waals surface area contributed by atoms with E-state index in [1.54, 1.807) is 6.07 Å². The quantitative estimate of drug-likeness (QED) is 0.477. The Morgan fingerprint density at radius 3 is 2.66 bits per heavy atom. The summed E-state index contributed by atoms with van der Waals surface area (Å²) in [7, 11) is 0. The van der Waals surface area contributed by atoms with E-state index in [9.17, 15) is 14.3 Å². The second kappa shape index (κ2) is 8.19. The first-order valence-electron chi connectivity index (χ1n) is 10.3. The predicted molar refractivity (Wildman–Crippen MR) is 119 cm³/mol. The SMILES string of the molecule is CC(C)(O)C(F)CNC(=O)c1cnc(Nc2ncc(C#N)cc2Cl)cc1NC12CC(C1)C2. The molecule has 2 aromatic heterocycles. The standard InChI is InChI=1S/C22H24ClFN6O2/c1-21(2,32)17(24)11-28-20(31)14-10-26-18(4-16(14)30-22-5-13(6-22)7-22)29-19-15(23)3-12(8-25)9-27-19/h3-4,9-10,13,17,32H,5-7,11H2,1-2H3,(H,28,31)(H2,26,27,29,30). The third kappa shape index (κ3) is 4.47. The van der Waals surface area contributed by atoms with Crippen LogP contribution in [0.3, 0.4) is 0 Å². The fraction of sp³-hybridized carbons (Fsp3) is 0.455. The molecule has 2 aromatic rings. The summed E-state index contributed by atoms with van der Waals surface area (Å²) in [5, 5.41) is 28.0. The van der Waals surface area contributed by atoms with E-state index in [1.807, 2.05) is 6.07 Å². The molecule has 2 heterocycles. The average molecular weight is 459 g/mol. The first-order chi connectivity index (χ1) is 15.1. The molecule has 168 valence electrons. The van der Waals surface area contributed by atoms with Crippen LogP contribution in [0.5, 0.6) is 0 Å². The van der Waals surface area contributed by atoms with Crippen molar-refractivity contribution < 1.29 is 14.3 Å². The Labute approximate surface area is 190 Å². The number of nitriles is 1. The number of carbonyl (C=O) groups is 1. The van der Waals surface area contributed by atoms with Crippen LogP contribution in [0.4, 0.5) is 21.7 Å². The minimum absolute atomic E-state index is 0.0155. The molecule has 0 saturated heterocycles. The summed E-state index contributed by atoms with van der Waals surface area (Å²) in [4.78, 5) is 21.2. The van der Waals surface area contributed by atoms with Gasteiger partial charge in [-0.15, -0.1) is 0 Å². The van der Waals surface area contributed by atoms with Crippen LogP contribution in [0.1, 0.15) is 49.0 Å². The summed E-state index contributed by atoms with van der Waals surface area (Å²) in [6.45, 7) is 2.38. The van der Waals surface area contributed by atoms with Crippen LogP contribution in [0.25, 0.3) is 0 Å². The van der Waals surface area contributed by atoms with Crippen molar-refractivity contribution >= 4 is 34.8 Å². The number of alkyl halides is 1. The van der Waals surface area contributed by atoms with E-state index in [1.165, 1.54) is 32.3 Å².